The molecule has 0 spiro atoms. The number of carboxylic acid groups (broad SMARTS) is 1. The molecule has 37 heavy (non-hydrogen) atoms. The van der Waals surface area contributed by atoms with Gasteiger partial charge >= 0.3 is 6.09 Å². The molecule has 11 nitrogen and oxygen atoms in total. The first-order valence-corrected chi connectivity index (χ1v) is 12.9. The molecule has 1 aromatic heterocycles. The molecular weight excluding hydrogens is 538 g/mol. The van der Waals surface area contributed by atoms with Gasteiger partial charge in [0.1, 0.15) is 11.4 Å². The summed E-state index contributed by atoms with van der Waals surface area (Å²) in [5, 5.41) is 19.8. The van der Waals surface area contributed by atoms with Gasteiger partial charge in [-0.3, -0.25) is 10.1 Å². The van der Waals surface area contributed by atoms with Crippen LogP contribution in [0.2, 0.25) is 5.28 Å². The first-order valence-electron chi connectivity index (χ1n) is 10.4. The number of carbonyl (C=O) groups is 1. The molecule has 196 valence electrons. The van der Waals surface area contributed by atoms with Gasteiger partial charge in [-0.2, -0.15) is 0 Å². The molecule has 2 aromatic carbocycles. The summed E-state index contributed by atoms with van der Waals surface area (Å²) >= 11 is 5.71. The fraction of sp³-hybridized carbons (Fsp3) is 0.227. The van der Waals surface area contributed by atoms with Crippen molar-refractivity contribution >= 4 is 33.1 Å². The summed E-state index contributed by atoms with van der Waals surface area (Å²) in [6.45, 7) is -0.00545. The summed E-state index contributed by atoms with van der Waals surface area (Å²) in [5.41, 5.74) is -0.0401. The van der Waals surface area contributed by atoms with E-state index >= 15 is 0 Å². The van der Waals surface area contributed by atoms with E-state index in [1.807, 2.05) is 0 Å². The highest BCUT2D eigenvalue weighted by Gasteiger charge is 2.15. The van der Waals surface area contributed by atoms with E-state index in [9.17, 15) is 27.9 Å². The van der Waals surface area contributed by atoms with Gasteiger partial charge < -0.3 is 14.6 Å². The zero-order valence-electron chi connectivity index (χ0n) is 19.1. The Kier molecular flexibility index (Phi) is 8.89. The Balaban J connectivity index is 1.64. The van der Waals surface area contributed by atoms with E-state index in [-0.39, 0.29) is 64.7 Å². The number of non-ortho nitro benzene ring substituents is 1. The molecule has 0 aliphatic heterocycles. The van der Waals surface area contributed by atoms with Crippen molar-refractivity contribution in [2.45, 2.75) is 12.2 Å². The van der Waals surface area contributed by atoms with E-state index in [4.69, 9.17) is 26.2 Å². The number of hydrogen-bond donors (Lipinski definition) is 1. The summed E-state index contributed by atoms with van der Waals surface area (Å²) < 4.78 is 54.6. The molecule has 3 rings (SSSR count). The van der Waals surface area contributed by atoms with Crippen molar-refractivity contribution in [1.82, 2.24) is 9.97 Å². The van der Waals surface area contributed by atoms with Gasteiger partial charge in [-0.1, -0.05) is 0 Å². The third-order valence-electron chi connectivity index (χ3n) is 4.60. The van der Waals surface area contributed by atoms with Crippen LogP contribution in [0.5, 0.6) is 11.5 Å². The van der Waals surface area contributed by atoms with Crippen LogP contribution < -0.4 is 9.47 Å². The number of nitro groups is 1. The minimum Gasteiger partial charge on any atom is -0.493 e. The second kappa shape index (κ2) is 11.9. The number of halogens is 3. The summed E-state index contributed by atoms with van der Waals surface area (Å²) in [5.74, 6) is -1.86. The predicted molar refractivity (Wildman–Crippen MR) is 129 cm³/mol. The van der Waals surface area contributed by atoms with Crippen LogP contribution in [0.25, 0.3) is 11.3 Å². The highest BCUT2D eigenvalue weighted by molar-refractivity contribution is 7.92. The third kappa shape index (κ3) is 8.05. The van der Waals surface area contributed by atoms with Crippen molar-refractivity contribution in [2.75, 3.05) is 19.5 Å². The average molecular weight is 557 g/mol. The zero-order valence-corrected chi connectivity index (χ0v) is 20.7. The maximum atomic E-state index is 14.2. The highest BCUT2D eigenvalue weighted by atomic mass is 35.5. The summed E-state index contributed by atoms with van der Waals surface area (Å²) in [7, 11) is -3.18. The molecule has 1 N–H and O–H groups in total. The van der Waals surface area contributed by atoms with Crippen molar-refractivity contribution in [3.8, 4) is 22.8 Å². The molecule has 0 aliphatic carbocycles. The minimum absolute atomic E-state index is 0.0130. The van der Waals surface area contributed by atoms with E-state index in [1.165, 1.54) is 18.2 Å². The van der Waals surface area contributed by atoms with E-state index in [0.29, 0.717) is 0 Å². The summed E-state index contributed by atoms with van der Waals surface area (Å²) in [6.07, 6.45) is 0.640. The van der Waals surface area contributed by atoms with Crippen LogP contribution in [0.4, 0.5) is 19.3 Å². The largest absolute Gasteiger partial charge is 0.493 e. The summed E-state index contributed by atoms with van der Waals surface area (Å²) in [6, 6.07) is 7.35. The number of ether oxygens (including phenoxy) is 2. The molecule has 3 aromatic rings. The van der Waals surface area contributed by atoms with E-state index in [1.54, 1.807) is 0 Å². The van der Waals surface area contributed by atoms with Crippen LogP contribution in [0.15, 0.2) is 47.0 Å². The third-order valence-corrected chi connectivity index (χ3v) is 6.20. The molecular formula is C22H19ClF2N4O7S. The zero-order chi connectivity index (χ0) is 27.2. The molecule has 15 heteroatoms. The second-order valence-corrected chi connectivity index (χ2v) is 10.3. The molecule has 0 aliphatic rings. The Bertz CT molecular complexity index is 1460. The lowest BCUT2D eigenvalue weighted by atomic mass is 10.1. The molecule has 0 saturated carbocycles. The van der Waals surface area contributed by atoms with Gasteiger partial charge in [0.2, 0.25) is 5.28 Å². The predicted octanol–water partition coefficient (Wildman–Crippen LogP) is 5.11. The average Bonchev–Trinajstić information content (AvgIpc) is 2.80. The molecule has 1 unspecified atom stereocenters. The van der Waals surface area contributed by atoms with Crippen LogP contribution in [0.3, 0.4) is 0 Å². The van der Waals surface area contributed by atoms with E-state index in [0.717, 1.165) is 30.7 Å². The fourth-order valence-electron chi connectivity index (χ4n) is 3.16. The lowest BCUT2D eigenvalue weighted by molar-refractivity contribution is -0.385. The maximum Gasteiger partial charge on any atom is 0.439 e. The van der Waals surface area contributed by atoms with Crippen molar-refractivity contribution in [3.05, 3.63) is 75.2 Å². The first-order chi connectivity index (χ1) is 17.4. The Hall–Kier alpha value is -3.91. The van der Waals surface area contributed by atoms with Gasteiger partial charge in [0.15, 0.2) is 17.4 Å². The SMILES string of the molecule is CS(=O)(Cc1cc(OCCCOc2cc(-c3nc(Cl)ncc3F)ccc2F)cc([N+](=O)[O-])c1)=NC(=O)O. The van der Waals surface area contributed by atoms with Crippen LogP contribution in [-0.4, -0.2) is 49.8 Å². The van der Waals surface area contributed by atoms with Crippen LogP contribution in [-0.2, 0) is 15.5 Å². The Morgan fingerprint density at radius 1 is 1.19 bits per heavy atom. The number of rotatable bonds is 10. The van der Waals surface area contributed by atoms with Gasteiger partial charge in [-0.25, -0.2) is 27.8 Å². The fourth-order valence-corrected chi connectivity index (χ4v) is 4.48. The normalized spacial score (nSPS) is 12.4. The number of amides is 1. The standard InChI is InChI=1S/C22H19ClF2N4O7S/c1-37(34,28-22(30)31)12-13-7-15(29(32)33)10-16(8-13)35-5-2-6-36-19-9-14(3-4-17(19)24)20-18(25)11-26-21(23)27-20/h3-4,7-11H,2,5-6,12H2,1H3,(H,30,31). The molecule has 0 radical (unpaired) electrons. The van der Waals surface area contributed by atoms with Gasteiger partial charge in [0.05, 0.1) is 45.9 Å². The maximum absolute atomic E-state index is 14.2. The Labute approximate surface area is 214 Å². The number of benzene rings is 2. The van der Waals surface area contributed by atoms with Crippen LogP contribution >= 0.6 is 11.6 Å². The Morgan fingerprint density at radius 2 is 1.92 bits per heavy atom. The van der Waals surface area contributed by atoms with E-state index < -0.39 is 32.4 Å². The molecule has 1 atom stereocenters. The smallest absolute Gasteiger partial charge is 0.439 e. The first kappa shape index (κ1) is 27.7. The van der Waals surface area contributed by atoms with Crippen molar-refractivity contribution in [2.24, 2.45) is 4.36 Å². The van der Waals surface area contributed by atoms with Crippen LogP contribution in [0, 0.1) is 21.7 Å². The van der Waals surface area contributed by atoms with Gasteiger partial charge in [-0.05, 0) is 41.4 Å². The number of nitrogens with zero attached hydrogens (tertiary/aromatic N) is 4. The lowest BCUT2D eigenvalue weighted by Gasteiger charge is -2.11. The number of aromatic nitrogens is 2. The number of nitro benzene ring substituents is 1. The van der Waals surface area contributed by atoms with Crippen molar-refractivity contribution in [1.29, 1.82) is 0 Å². The van der Waals surface area contributed by atoms with Gasteiger partial charge in [0, 0.05) is 24.3 Å². The number of hydrogen-bond acceptors (Lipinski definition) is 8. The molecule has 0 bridgehead atoms. The minimum atomic E-state index is -3.18. The van der Waals surface area contributed by atoms with Crippen molar-refractivity contribution < 1.29 is 37.3 Å². The Morgan fingerprint density at radius 3 is 2.62 bits per heavy atom. The van der Waals surface area contributed by atoms with Crippen LogP contribution in [0.1, 0.15) is 12.0 Å². The monoisotopic (exact) mass is 556 g/mol. The molecule has 0 fully saturated rings. The quantitative estimate of drug-likeness (QED) is 0.155. The highest BCUT2D eigenvalue weighted by Crippen LogP contribution is 2.28. The summed E-state index contributed by atoms with van der Waals surface area (Å²) in [4.78, 5) is 28.7. The topological polar surface area (TPSA) is 154 Å². The molecule has 1 amide bonds. The van der Waals surface area contributed by atoms with Gasteiger partial charge in [0.25, 0.3) is 5.69 Å². The van der Waals surface area contributed by atoms with Crippen molar-refractivity contribution in [3.63, 3.8) is 0 Å². The second-order valence-electron chi connectivity index (χ2n) is 7.60. The van der Waals surface area contributed by atoms with Gasteiger partial charge in [-0.15, -0.1) is 4.36 Å². The van der Waals surface area contributed by atoms with E-state index in [2.05, 4.69) is 14.3 Å². The molecule has 1 heterocycles. The molecule has 0 saturated heterocycles. The lowest BCUT2D eigenvalue weighted by Crippen LogP contribution is -2.08.